The van der Waals surface area contributed by atoms with Crippen LogP contribution in [0.25, 0.3) is 5.52 Å². The lowest BCUT2D eigenvalue weighted by Crippen LogP contribution is -2.39. The first-order valence-electron chi connectivity index (χ1n) is 9.19. The Bertz CT molecular complexity index is 1110. The molecule has 2 aliphatic rings. The number of aryl methyl sites for hydroxylation is 1. The summed E-state index contributed by atoms with van der Waals surface area (Å²) in [5.74, 6) is 0.893. The maximum atomic E-state index is 12.8. The second-order valence-electron chi connectivity index (χ2n) is 7.31. The number of nitrogens with one attached hydrogen (secondary N) is 2. The maximum Gasteiger partial charge on any atom is 0.274 e. The first-order chi connectivity index (χ1) is 13.6. The van der Waals surface area contributed by atoms with Crippen LogP contribution in [0.4, 0.5) is 11.6 Å². The molecular weight excluding hydrogens is 358 g/mol. The summed E-state index contributed by atoms with van der Waals surface area (Å²) in [7, 11) is 1.70. The number of carbonyl (C=O) groups excluding carboxylic acids is 1. The quantitative estimate of drug-likeness (QED) is 0.678. The van der Waals surface area contributed by atoms with E-state index in [4.69, 9.17) is 5.26 Å². The minimum atomic E-state index is -0.351. The predicted molar refractivity (Wildman–Crippen MR) is 101 cm³/mol. The Morgan fingerprint density at radius 1 is 1.36 bits per heavy atom. The van der Waals surface area contributed by atoms with Gasteiger partial charge in [0.2, 0.25) is 5.95 Å². The summed E-state index contributed by atoms with van der Waals surface area (Å²) in [5.41, 5.74) is 1.66. The molecule has 2 atom stereocenters. The Balaban J connectivity index is 1.46. The molecule has 3 aromatic rings. The third kappa shape index (κ3) is 2.68. The van der Waals surface area contributed by atoms with Crippen LogP contribution in [0.1, 0.15) is 22.6 Å². The molecule has 0 unspecified atom stereocenters. The van der Waals surface area contributed by atoms with Crippen molar-refractivity contribution < 1.29 is 4.79 Å². The molecule has 3 aromatic heterocycles. The molecule has 2 fully saturated rings. The standard InChI is InChI=1S/C18H19N9O/c1-25-10-15(14(5-19)23-25)22-17(28)16-3-2-12-8-21-18(24-27(12)16)26-9-11-4-13(26)7-20-6-11/h2-3,8,10-11,13,20H,4,6-7,9H2,1H3,(H,22,28)/t11-,13+/m0/s1. The lowest BCUT2D eigenvalue weighted by atomic mass is 10.0. The number of nitriles is 1. The molecule has 2 saturated heterocycles. The number of carbonyl (C=O) groups is 1. The smallest absolute Gasteiger partial charge is 0.274 e. The number of fused-ring (bicyclic) bond motifs is 3. The minimum Gasteiger partial charge on any atom is -0.335 e. The van der Waals surface area contributed by atoms with Gasteiger partial charge in [-0.15, -0.1) is 5.10 Å². The van der Waals surface area contributed by atoms with Gasteiger partial charge in [0.25, 0.3) is 5.91 Å². The highest BCUT2D eigenvalue weighted by Crippen LogP contribution is 2.29. The minimum absolute atomic E-state index is 0.170. The zero-order valence-corrected chi connectivity index (χ0v) is 15.3. The molecule has 0 saturated carbocycles. The van der Waals surface area contributed by atoms with Crippen LogP contribution in [-0.4, -0.2) is 56.0 Å². The van der Waals surface area contributed by atoms with Crippen LogP contribution in [0.3, 0.4) is 0 Å². The summed E-state index contributed by atoms with van der Waals surface area (Å²) in [5, 5.41) is 24.0. The molecule has 2 N–H and O–H groups in total. The second-order valence-corrected chi connectivity index (χ2v) is 7.31. The van der Waals surface area contributed by atoms with Crippen molar-refractivity contribution in [3.8, 4) is 6.07 Å². The third-order valence-electron chi connectivity index (χ3n) is 5.37. The topological polar surface area (TPSA) is 116 Å². The summed E-state index contributed by atoms with van der Waals surface area (Å²) < 4.78 is 3.10. The number of rotatable bonds is 3. The van der Waals surface area contributed by atoms with Gasteiger partial charge in [-0.2, -0.15) is 10.4 Å². The van der Waals surface area contributed by atoms with Crippen molar-refractivity contribution in [2.45, 2.75) is 12.5 Å². The van der Waals surface area contributed by atoms with E-state index in [1.54, 1.807) is 36.1 Å². The van der Waals surface area contributed by atoms with E-state index in [1.807, 2.05) is 6.07 Å². The fourth-order valence-corrected chi connectivity index (χ4v) is 4.10. The molecule has 2 aliphatic heterocycles. The Labute approximate surface area is 160 Å². The van der Waals surface area contributed by atoms with E-state index in [0.717, 1.165) is 31.6 Å². The molecule has 142 valence electrons. The number of piperidine rings is 1. The van der Waals surface area contributed by atoms with Crippen LogP contribution in [0.2, 0.25) is 0 Å². The van der Waals surface area contributed by atoms with E-state index in [-0.39, 0.29) is 11.6 Å². The highest BCUT2D eigenvalue weighted by molar-refractivity contribution is 6.04. The third-order valence-corrected chi connectivity index (χ3v) is 5.37. The molecule has 0 aliphatic carbocycles. The summed E-state index contributed by atoms with van der Waals surface area (Å²) in [6, 6.07) is 5.87. The van der Waals surface area contributed by atoms with E-state index in [0.29, 0.717) is 29.3 Å². The molecule has 1 amide bonds. The SMILES string of the molecule is Cn1cc(NC(=O)c2ccc3cnc(N4C[C@@H]5CNC[C@H]4C5)nn23)c(C#N)n1. The lowest BCUT2D eigenvalue weighted by molar-refractivity contribution is 0.102. The van der Waals surface area contributed by atoms with Crippen LogP contribution in [0, 0.1) is 17.2 Å². The van der Waals surface area contributed by atoms with Crippen LogP contribution in [0.15, 0.2) is 24.5 Å². The van der Waals surface area contributed by atoms with Gasteiger partial charge in [0, 0.05) is 32.4 Å². The molecule has 5 heterocycles. The van der Waals surface area contributed by atoms with Gasteiger partial charge in [0.15, 0.2) is 5.69 Å². The van der Waals surface area contributed by atoms with Gasteiger partial charge in [-0.3, -0.25) is 9.48 Å². The van der Waals surface area contributed by atoms with Gasteiger partial charge in [-0.1, -0.05) is 0 Å². The van der Waals surface area contributed by atoms with E-state index >= 15 is 0 Å². The number of hydrogen-bond donors (Lipinski definition) is 2. The largest absolute Gasteiger partial charge is 0.335 e. The van der Waals surface area contributed by atoms with Crippen molar-refractivity contribution in [1.82, 2.24) is 29.7 Å². The summed E-state index contributed by atoms with van der Waals surface area (Å²) in [6.07, 6.45) is 4.48. The molecule has 5 rings (SSSR count). The second kappa shape index (κ2) is 6.31. The number of anilines is 2. The Morgan fingerprint density at radius 2 is 2.25 bits per heavy atom. The van der Waals surface area contributed by atoms with Crippen LogP contribution >= 0.6 is 0 Å². The summed E-state index contributed by atoms with van der Waals surface area (Å²) >= 11 is 0. The van der Waals surface area contributed by atoms with Crippen molar-refractivity contribution in [2.75, 3.05) is 29.9 Å². The van der Waals surface area contributed by atoms with Gasteiger partial charge < -0.3 is 15.5 Å². The van der Waals surface area contributed by atoms with Gasteiger partial charge in [-0.25, -0.2) is 9.50 Å². The molecule has 10 nitrogen and oxygen atoms in total. The zero-order valence-electron chi connectivity index (χ0n) is 15.3. The normalized spacial score (nSPS) is 21.1. The fourth-order valence-electron chi connectivity index (χ4n) is 4.10. The van der Waals surface area contributed by atoms with Gasteiger partial charge in [0.05, 0.1) is 17.4 Å². The molecular formula is C18H19N9O. The van der Waals surface area contributed by atoms with Crippen LogP contribution in [-0.2, 0) is 7.05 Å². The fraction of sp³-hybridized carbons (Fsp3) is 0.389. The molecule has 0 radical (unpaired) electrons. The lowest BCUT2D eigenvalue weighted by Gasteiger charge is -2.24. The Morgan fingerprint density at radius 3 is 3.07 bits per heavy atom. The van der Waals surface area contributed by atoms with Crippen molar-refractivity contribution in [1.29, 1.82) is 5.26 Å². The first kappa shape index (κ1) is 16.7. The highest BCUT2D eigenvalue weighted by atomic mass is 16.2. The van der Waals surface area contributed by atoms with Crippen molar-refractivity contribution in [3.63, 3.8) is 0 Å². The zero-order chi connectivity index (χ0) is 19.3. The Hall–Kier alpha value is -3.45. The molecule has 0 spiro atoms. The van der Waals surface area contributed by atoms with Crippen LogP contribution in [0.5, 0.6) is 0 Å². The number of amides is 1. The van der Waals surface area contributed by atoms with E-state index < -0.39 is 0 Å². The molecule has 10 heteroatoms. The molecule has 2 bridgehead atoms. The average Bonchev–Trinajstić information content (AvgIpc) is 3.36. The van der Waals surface area contributed by atoms with Crippen LogP contribution < -0.4 is 15.5 Å². The first-order valence-corrected chi connectivity index (χ1v) is 9.19. The van der Waals surface area contributed by atoms with E-state index in [9.17, 15) is 4.79 Å². The van der Waals surface area contributed by atoms with Crippen molar-refractivity contribution >= 4 is 23.1 Å². The Kier molecular flexibility index (Phi) is 3.77. The number of nitrogens with zero attached hydrogens (tertiary/aromatic N) is 7. The average molecular weight is 377 g/mol. The summed E-state index contributed by atoms with van der Waals surface area (Å²) in [4.78, 5) is 19.6. The monoisotopic (exact) mass is 377 g/mol. The molecule has 28 heavy (non-hydrogen) atoms. The van der Waals surface area contributed by atoms with Gasteiger partial charge >= 0.3 is 0 Å². The maximum absolute atomic E-state index is 12.8. The molecule has 0 aromatic carbocycles. The van der Waals surface area contributed by atoms with Gasteiger partial charge in [0.1, 0.15) is 11.8 Å². The highest BCUT2D eigenvalue weighted by Gasteiger charge is 2.36. The van der Waals surface area contributed by atoms with Gasteiger partial charge in [-0.05, 0) is 31.0 Å². The van der Waals surface area contributed by atoms with E-state index in [1.165, 1.54) is 4.68 Å². The number of hydrogen-bond acceptors (Lipinski definition) is 7. The predicted octanol–water partition coefficient (Wildman–Crippen LogP) is 0.385. The van der Waals surface area contributed by atoms with Crippen molar-refractivity contribution in [2.24, 2.45) is 13.0 Å². The van der Waals surface area contributed by atoms with E-state index in [2.05, 4.69) is 30.7 Å². The number of aromatic nitrogens is 5. The van der Waals surface area contributed by atoms with Crippen molar-refractivity contribution in [3.05, 3.63) is 35.9 Å². The summed E-state index contributed by atoms with van der Waals surface area (Å²) in [6.45, 7) is 2.88.